The number of carboxylic acids is 1. The fourth-order valence-corrected chi connectivity index (χ4v) is 5.33. The lowest BCUT2D eigenvalue weighted by atomic mass is 10.0. The number of esters is 1. The number of carboxylic acid groups (broad SMARTS) is 1. The van der Waals surface area contributed by atoms with Crippen molar-refractivity contribution in [3.8, 4) is 0 Å². The molecule has 6 nitrogen and oxygen atoms in total. The lowest BCUT2D eigenvalue weighted by Gasteiger charge is -2.18. The number of hydrogen-bond donors (Lipinski definition) is 2. The van der Waals surface area contributed by atoms with Crippen LogP contribution >= 0.6 is 0 Å². The van der Waals surface area contributed by atoms with Crippen LogP contribution in [0.1, 0.15) is 174 Å². The van der Waals surface area contributed by atoms with Gasteiger partial charge in [0.25, 0.3) is 0 Å². The summed E-state index contributed by atoms with van der Waals surface area (Å²) in [4.78, 5) is 34.9. The molecular weight excluding hydrogens is 598 g/mol. The Hall–Kier alpha value is -2.89. The number of carbonyl (C=O) groups is 3. The van der Waals surface area contributed by atoms with E-state index in [2.05, 4.69) is 79.9 Å². The molecule has 1 unspecified atom stereocenters. The first-order valence-electron chi connectivity index (χ1n) is 19.4. The predicted octanol–water partition coefficient (Wildman–Crippen LogP) is 11.7. The van der Waals surface area contributed by atoms with E-state index in [0.717, 1.165) is 109 Å². The number of nitrogens with one attached hydrogen (secondary N) is 1. The molecule has 0 fully saturated rings. The lowest BCUT2D eigenvalue weighted by molar-refractivity contribution is -0.150. The molecule has 2 N–H and O–H groups in total. The normalized spacial score (nSPS) is 12.7. The molecule has 0 aromatic heterocycles. The first-order chi connectivity index (χ1) is 23.5. The average molecular weight is 670 g/mol. The molecule has 0 saturated heterocycles. The van der Waals surface area contributed by atoms with Gasteiger partial charge in [-0.25, -0.2) is 0 Å². The van der Waals surface area contributed by atoms with E-state index in [-0.39, 0.29) is 24.5 Å². The average Bonchev–Trinajstić information content (AvgIpc) is 3.07. The van der Waals surface area contributed by atoms with E-state index < -0.39 is 5.97 Å². The minimum Gasteiger partial charge on any atom is -0.480 e. The van der Waals surface area contributed by atoms with Crippen LogP contribution in [0.4, 0.5) is 0 Å². The predicted molar refractivity (Wildman–Crippen MR) is 203 cm³/mol. The van der Waals surface area contributed by atoms with Crippen molar-refractivity contribution in [1.82, 2.24) is 5.32 Å². The van der Waals surface area contributed by atoms with E-state index in [9.17, 15) is 14.4 Å². The third kappa shape index (κ3) is 36.0. The number of aliphatic carboxylic acids is 1. The summed E-state index contributed by atoms with van der Waals surface area (Å²) in [5.74, 6) is -1.29. The maximum Gasteiger partial charge on any atom is 0.322 e. The lowest BCUT2D eigenvalue weighted by Crippen LogP contribution is -2.28. The third-order valence-corrected chi connectivity index (χ3v) is 8.17. The van der Waals surface area contributed by atoms with Gasteiger partial charge in [0.05, 0.1) is 0 Å². The van der Waals surface area contributed by atoms with Crippen LogP contribution in [0, 0.1) is 0 Å². The van der Waals surface area contributed by atoms with Gasteiger partial charge in [0.15, 0.2) is 0 Å². The maximum atomic E-state index is 12.7. The molecule has 1 amide bonds. The highest BCUT2D eigenvalue weighted by Crippen LogP contribution is 2.17. The Morgan fingerprint density at radius 2 is 1.04 bits per heavy atom. The summed E-state index contributed by atoms with van der Waals surface area (Å²) >= 11 is 0. The molecule has 0 bridgehead atoms. The van der Waals surface area contributed by atoms with Crippen molar-refractivity contribution >= 4 is 17.8 Å². The fraction of sp³-hybridized carbons (Fsp3) is 0.690. The maximum absolute atomic E-state index is 12.7. The van der Waals surface area contributed by atoms with Gasteiger partial charge in [-0.1, -0.05) is 126 Å². The van der Waals surface area contributed by atoms with Crippen LogP contribution < -0.4 is 5.32 Å². The van der Waals surface area contributed by atoms with Crippen molar-refractivity contribution in [2.75, 3.05) is 6.54 Å². The SMILES string of the molecule is CC/C=C\C/C=C\C/C=C\CCCCCCCC(=O)OC(CCC/C=C\C/C=C\CCCCC)CCCCCCCC(=O)NCC(=O)O. The second kappa shape index (κ2) is 36.9. The van der Waals surface area contributed by atoms with E-state index in [4.69, 9.17) is 9.84 Å². The van der Waals surface area contributed by atoms with E-state index in [1.165, 1.54) is 38.5 Å². The molecule has 6 heteroatoms. The quantitative estimate of drug-likeness (QED) is 0.0404. The molecule has 0 aromatic rings. The van der Waals surface area contributed by atoms with Crippen LogP contribution in [-0.2, 0) is 19.1 Å². The summed E-state index contributed by atoms with van der Waals surface area (Å²) in [6, 6.07) is 0. The molecule has 0 aromatic carbocycles. The summed E-state index contributed by atoms with van der Waals surface area (Å²) in [6.45, 7) is 4.07. The van der Waals surface area contributed by atoms with E-state index in [0.29, 0.717) is 12.8 Å². The Kier molecular flexibility index (Phi) is 34.7. The number of unbranched alkanes of at least 4 members (excludes halogenated alkanes) is 13. The van der Waals surface area contributed by atoms with Gasteiger partial charge in [0, 0.05) is 12.8 Å². The van der Waals surface area contributed by atoms with E-state index in [1.54, 1.807) is 0 Å². The van der Waals surface area contributed by atoms with Gasteiger partial charge in [-0.3, -0.25) is 14.4 Å². The first-order valence-corrected chi connectivity index (χ1v) is 19.4. The Morgan fingerprint density at radius 1 is 0.562 bits per heavy atom. The fourth-order valence-electron chi connectivity index (χ4n) is 5.33. The van der Waals surface area contributed by atoms with Gasteiger partial charge in [-0.2, -0.15) is 0 Å². The number of allylic oxidation sites excluding steroid dienone is 10. The van der Waals surface area contributed by atoms with Crippen molar-refractivity contribution in [2.24, 2.45) is 0 Å². The van der Waals surface area contributed by atoms with Crippen molar-refractivity contribution in [3.63, 3.8) is 0 Å². The van der Waals surface area contributed by atoms with Crippen molar-refractivity contribution in [2.45, 2.75) is 180 Å². The summed E-state index contributed by atoms with van der Waals surface area (Å²) in [5.41, 5.74) is 0. The Balaban J connectivity index is 4.28. The van der Waals surface area contributed by atoms with Crippen LogP contribution in [0.2, 0.25) is 0 Å². The topological polar surface area (TPSA) is 92.7 Å². The summed E-state index contributed by atoms with van der Waals surface area (Å²) in [5, 5.41) is 11.1. The highest BCUT2D eigenvalue weighted by molar-refractivity contribution is 5.80. The Morgan fingerprint density at radius 3 is 1.65 bits per heavy atom. The molecule has 0 radical (unpaired) electrons. The highest BCUT2D eigenvalue weighted by atomic mass is 16.5. The van der Waals surface area contributed by atoms with Crippen LogP contribution in [-0.4, -0.2) is 35.6 Å². The van der Waals surface area contributed by atoms with Crippen molar-refractivity contribution in [1.29, 1.82) is 0 Å². The van der Waals surface area contributed by atoms with Gasteiger partial charge in [0.1, 0.15) is 12.6 Å². The molecule has 1 atom stereocenters. The minimum absolute atomic E-state index is 0.0272. The van der Waals surface area contributed by atoms with Gasteiger partial charge in [-0.15, -0.1) is 0 Å². The first kappa shape index (κ1) is 45.1. The third-order valence-electron chi connectivity index (χ3n) is 8.17. The number of ether oxygens (including phenoxy) is 1. The standard InChI is InChI=1S/C42H71NO5/c1-3-5-7-9-11-13-15-16-17-18-20-22-24-29-33-37-42(47)48-39(34-30-26-23-21-19-14-12-10-8-6-4-2)35-31-27-25-28-32-36-40(44)43-38-41(45)46/h5,7,11-14,16-17,21,23,39H,3-4,6,8-10,15,18-20,22,24-38H2,1-2H3,(H,43,44)(H,45,46)/b7-5-,13-11-,14-12-,17-16-,23-21-. The van der Waals surface area contributed by atoms with Crippen LogP contribution in [0.5, 0.6) is 0 Å². The van der Waals surface area contributed by atoms with Crippen molar-refractivity contribution < 1.29 is 24.2 Å². The second-order valence-electron chi connectivity index (χ2n) is 12.8. The molecule has 0 heterocycles. The molecule has 0 spiro atoms. The number of rotatable bonds is 34. The van der Waals surface area contributed by atoms with Crippen LogP contribution in [0.3, 0.4) is 0 Å². The molecule has 274 valence electrons. The molecule has 0 aliphatic carbocycles. The van der Waals surface area contributed by atoms with Crippen LogP contribution in [0.25, 0.3) is 0 Å². The van der Waals surface area contributed by atoms with Crippen LogP contribution in [0.15, 0.2) is 60.8 Å². The number of hydrogen-bond acceptors (Lipinski definition) is 4. The smallest absolute Gasteiger partial charge is 0.322 e. The highest BCUT2D eigenvalue weighted by Gasteiger charge is 2.14. The monoisotopic (exact) mass is 670 g/mol. The molecule has 0 saturated carbocycles. The minimum atomic E-state index is -1.02. The summed E-state index contributed by atoms with van der Waals surface area (Å²) in [7, 11) is 0. The summed E-state index contributed by atoms with van der Waals surface area (Å²) in [6.07, 6.45) is 47.6. The zero-order chi connectivity index (χ0) is 35.2. The zero-order valence-corrected chi connectivity index (χ0v) is 30.8. The van der Waals surface area contributed by atoms with Crippen molar-refractivity contribution in [3.05, 3.63) is 60.8 Å². The van der Waals surface area contributed by atoms with Gasteiger partial charge < -0.3 is 15.2 Å². The molecular formula is C42H71NO5. The van der Waals surface area contributed by atoms with E-state index in [1.807, 2.05) is 0 Å². The second-order valence-corrected chi connectivity index (χ2v) is 12.8. The molecule has 0 aliphatic rings. The molecule has 48 heavy (non-hydrogen) atoms. The zero-order valence-electron chi connectivity index (χ0n) is 30.8. The van der Waals surface area contributed by atoms with Gasteiger partial charge in [0.2, 0.25) is 5.91 Å². The summed E-state index contributed by atoms with van der Waals surface area (Å²) < 4.78 is 5.97. The van der Waals surface area contributed by atoms with Gasteiger partial charge >= 0.3 is 11.9 Å². The molecule has 0 aliphatic heterocycles. The van der Waals surface area contributed by atoms with Gasteiger partial charge in [-0.05, 0) is 96.3 Å². The Bertz CT molecular complexity index is 917. The number of carbonyl (C=O) groups excluding carboxylic acids is 2. The Labute approximate surface area is 294 Å². The number of amides is 1. The van der Waals surface area contributed by atoms with E-state index >= 15 is 0 Å². The largest absolute Gasteiger partial charge is 0.480 e. The molecule has 0 rings (SSSR count).